The molecule has 5 rings (SSSR count). The summed E-state index contributed by atoms with van der Waals surface area (Å²) in [4.78, 5) is 32.0. The lowest BCUT2D eigenvalue weighted by Crippen LogP contribution is -2.67. The van der Waals surface area contributed by atoms with E-state index in [1.54, 1.807) is 6.20 Å². The minimum absolute atomic E-state index is 0. The first-order valence-electron chi connectivity index (χ1n) is 9.80. The van der Waals surface area contributed by atoms with Gasteiger partial charge in [-0.3, -0.25) is 14.7 Å². The van der Waals surface area contributed by atoms with E-state index in [2.05, 4.69) is 25.8 Å². The van der Waals surface area contributed by atoms with Gasteiger partial charge < -0.3 is 15.5 Å². The number of fused-ring (bicyclic) bond motifs is 5. The van der Waals surface area contributed by atoms with Crippen molar-refractivity contribution in [3.63, 3.8) is 0 Å². The highest BCUT2D eigenvalue weighted by atomic mass is 35.5. The van der Waals surface area contributed by atoms with Gasteiger partial charge in [-0.15, -0.1) is 24.8 Å². The number of hydrogen-bond donors (Lipinski definition) is 3. The monoisotopic (exact) mass is 440 g/mol. The van der Waals surface area contributed by atoms with Gasteiger partial charge in [0.25, 0.3) is 0 Å². The van der Waals surface area contributed by atoms with Crippen molar-refractivity contribution in [1.29, 1.82) is 0 Å². The van der Waals surface area contributed by atoms with Crippen molar-refractivity contribution in [3.05, 3.63) is 24.0 Å². The van der Waals surface area contributed by atoms with Crippen LogP contribution in [0.15, 0.2) is 18.3 Å². The SMILES string of the molecule is Cl.Cl.O=C(NCc1[nH]nc2ncccc12)[C@H]1[C@@H]2CNC[C@@H](C2)[C@@H]2CCCC(=O)N21. The maximum atomic E-state index is 13.1. The smallest absolute Gasteiger partial charge is 0.243 e. The van der Waals surface area contributed by atoms with Crippen molar-refractivity contribution >= 4 is 47.7 Å². The molecule has 3 saturated heterocycles. The third kappa shape index (κ3) is 3.81. The summed E-state index contributed by atoms with van der Waals surface area (Å²) in [5, 5.41) is 14.6. The largest absolute Gasteiger partial charge is 0.349 e. The standard InChI is InChI=1S/C19H24N6O2.2ClH/c26-16-5-1-4-15-11-7-12(9-20-8-11)17(25(15)16)19(27)22-10-14-13-3-2-6-21-18(13)24-23-14;;/h2-3,6,11-12,15,17,20H,1,4-5,7-10H2,(H,22,27)(H,21,23,24);2*1H/t11-,12+,15+,17-;;/m1../s1. The molecule has 2 aromatic rings. The van der Waals surface area contributed by atoms with Crippen molar-refractivity contribution in [3.8, 4) is 0 Å². The number of pyridine rings is 1. The molecule has 3 aliphatic heterocycles. The molecule has 0 spiro atoms. The molecule has 0 radical (unpaired) electrons. The van der Waals surface area contributed by atoms with Crippen LogP contribution in [0.4, 0.5) is 0 Å². The first-order chi connectivity index (χ1) is 13.2. The van der Waals surface area contributed by atoms with E-state index in [9.17, 15) is 9.59 Å². The molecule has 0 saturated carbocycles. The second-order valence-corrected chi connectivity index (χ2v) is 7.91. The zero-order valence-corrected chi connectivity index (χ0v) is 17.6. The highest BCUT2D eigenvalue weighted by Gasteiger charge is 2.50. The molecule has 10 heteroatoms. The van der Waals surface area contributed by atoms with Crippen molar-refractivity contribution in [2.24, 2.45) is 11.8 Å². The summed E-state index contributed by atoms with van der Waals surface area (Å²) in [6, 6.07) is 3.62. The topological polar surface area (TPSA) is 103 Å². The van der Waals surface area contributed by atoms with Crippen LogP contribution in [-0.4, -0.2) is 57.1 Å². The van der Waals surface area contributed by atoms with E-state index in [0.717, 1.165) is 43.4 Å². The van der Waals surface area contributed by atoms with Gasteiger partial charge in [0, 0.05) is 36.5 Å². The maximum Gasteiger partial charge on any atom is 0.243 e. The van der Waals surface area contributed by atoms with Crippen LogP contribution in [-0.2, 0) is 16.1 Å². The number of amides is 2. The Kier molecular flexibility index (Phi) is 6.65. The fraction of sp³-hybridized carbons (Fsp3) is 0.579. The lowest BCUT2D eigenvalue weighted by molar-refractivity contribution is -0.157. The fourth-order valence-electron chi connectivity index (χ4n) is 5.17. The summed E-state index contributed by atoms with van der Waals surface area (Å²) in [5.74, 6) is 0.732. The minimum Gasteiger partial charge on any atom is -0.349 e. The molecule has 2 aromatic heterocycles. The van der Waals surface area contributed by atoms with Crippen LogP contribution in [0.1, 0.15) is 31.4 Å². The summed E-state index contributed by atoms with van der Waals surface area (Å²) in [6.07, 6.45) is 5.22. The second-order valence-electron chi connectivity index (χ2n) is 7.91. The Morgan fingerprint density at radius 2 is 2.10 bits per heavy atom. The van der Waals surface area contributed by atoms with Crippen molar-refractivity contribution in [2.45, 2.75) is 44.3 Å². The molecular formula is C19H26Cl2N6O2. The van der Waals surface area contributed by atoms with E-state index in [1.165, 1.54) is 0 Å². The van der Waals surface area contributed by atoms with E-state index < -0.39 is 0 Å². The van der Waals surface area contributed by atoms with E-state index in [0.29, 0.717) is 24.5 Å². The molecule has 3 aliphatic rings. The number of carbonyl (C=O) groups is 2. The molecule has 0 unspecified atom stereocenters. The van der Waals surface area contributed by atoms with E-state index in [4.69, 9.17) is 0 Å². The molecule has 0 aromatic carbocycles. The Labute approximate surface area is 181 Å². The molecule has 3 fully saturated rings. The van der Waals surface area contributed by atoms with Gasteiger partial charge in [-0.2, -0.15) is 5.10 Å². The zero-order chi connectivity index (χ0) is 18.4. The molecule has 2 amide bonds. The summed E-state index contributed by atoms with van der Waals surface area (Å²) < 4.78 is 0. The highest BCUT2D eigenvalue weighted by Crippen LogP contribution is 2.39. The summed E-state index contributed by atoms with van der Waals surface area (Å²) >= 11 is 0. The van der Waals surface area contributed by atoms with E-state index >= 15 is 0 Å². The number of hydrogen-bond acceptors (Lipinski definition) is 5. The number of nitrogens with zero attached hydrogens (tertiary/aromatic N) is 3. The van der Waals surface area contributed by atoms with E-state index in [1.807, 2.05) is 17.0 Å². The third-order valence-corrected chi connectivity index (χ3v) is 6.36. The van der Waals surface area contributed by atoms with Gasteiger partial charge in [0.1, 0.15) is 6.04 Å². The molecular weight excluding hydrogens is 415 g/mol. The summed E-state index contributed by atoms with van der Waals surface area (Å²) in [7, 11) is 0. The number of nitrogens with one attached hydrogen (secondary N) is 3. The molecule has 3 N–H and O–H groups in total. The average molecular weight is 441 g/mol. The fourth-order valence-corrected chi connectivity index (χ4v) is 5.17. The van der Waals surface area contributed by atoms with Gasteiger partial charge in [0.05, 0.1) is 12.2 Å². The van der Waals surface area contributed by atoms with Crippen LogP contribution >= 0.6 is 24.8 Å². The maximum absolute atomic E-state index is 13.1. The number of halogens is 2. The predicted octanol–water partition coefficient (Wildman–Crippen LogP) is 1.41. The Hall–Kier alpha value is -1.90. The number of aromatic amines is 1. The van der Waals surface area contributed by atoms with Gasteiger partial charge in [-0.1, -0.05) is 0 Å². The van der Waals surface area contributed by atoms with E-state index in [-0.39, 0.29) is 54.6 Å². The van der Waals surface area contributed by atoms with Gasteiger partial charge in [0.2, 0.25) is 11.8 Å². The van der Waals surface area contributed by atoms with Crippen LogP contribution < -0.4 is 10.6 Å². The zero-order valence-electron chi connectivity index (χ0n) is 16.0. The summed E-state index contributed by atoms with van der Waals surface area (Å²) in [6.45, 7) is 2.10. The van der Waals surface area contributed by atoms with Crippen LogP contribution in [0.25, 0.3) is 11.0 Å². The van der Waals surface area contributed by atoms with Crippen molar-refractivity contribution in [2.75, 3.05) is 13.1 Å². The summed E-state index contributed by atoms with van der Waals surface area (Å²) in [5.41, 5.74) is 1.48. The first-order valence-corrected chi connectivity index (χ1v) is 9.80. The third-order valence-electron chi connectivity index (χ3n) is 6.36. The van der Waals surface area contributed by atoms with Crippen molar-refractivity contribution in [1.82, 2.24) is 30.7 Å². The van der Waals surface area contributed by atoms with Gasteiger partial charge in [-0.25, -0.2) is 4.98 Å². The number of aromatic nitrogens is 3. The predicted molar refractivity (Wildman–Crippen MR) is 113 cm³/mol. The van der Waals surface area contributed by atoms with Gasteiger partial charge >= 0.3 is 0 Å². The van der Waals surface area contributed by atoms with Gasteiger partial charge in [0.15, 0.2) is 5.65 Å². The lowest BCUT2D eigenvalue weighted by Gasteiger charge is -2.53. The Bertz CT molecular complexity index is 890. The number of H-pyrrole nitrogens is 1. The Morgan fingerprint density at radius 3 is 2.97 bits per heavy atom. The van der Waals surface area contributed by atoms with Crippen LogP contribution in [0, 0.1) is 11.8 Å². The molecule has 29 heavy (non-hydrogen) atoms. The number of carbonyl (C=O) groups excluding carboxylic acids is 2. The van der Waals surface area contributed by atoms with Crippen LogP contribution in [0.5, 0.6) is 0 Å². The van der Waals surface area contributed by atoms with Crippen molar-refractivity contribution < 1.29 is 9.59 Å². The number of piperidine rings is 3. The molecule has 158 valence electrons. The number of rotatable bonds is 3. The molecule has 0 aliphatic carbocycles. The normalized spacial score (nSPS) is 28.1. The highest BCUT2D eigenvalue weighted by molar-refractivity contribution is 5.89. The lowest BCUT2D eigenvalue weighted by atomic mass is 9.72. The average Bonchev–Trinajstić information content (AvgIpc) is 3.11. The quantitative estimate of drug-likeness (QED) is 0.669. The first kappa shape index (κ1) is 21.8. The Balaban J connectivity index is 0.00000120. The minimum atomic E-state index is -0.376. The van der Waals surface area contributed by atoms with Gasteiger partial charge in [-0.05, 0) is 43.9 Å². The molecule has 5 heterocycles. The molecule has 4 atom stereocenters. The molecule has 8 nitrogen and oxygen atoms in total. The van der Waals surface area contributed by atoms with Crippen LogP contribution in [0.2, 0.25) is 0 Å². The second kappa shape index (κ2) is 8.85. The van der Waals surface area contributed by atoms with Crippen LogP contribution in [0.3, 0.4) is 0 Å². The Morgan fingerprint density at radius 1 is 1.28 bits per heavy atom. The molecule has 2 bridgehead atoms.